The Bertz CT molecular complexity index is 1270. The summed E-state index contributed by atoms with van der Waals surface area (Å²) in [4.78, 5) is 27.8. The van der Waals surface area contributed by atoms with Crippen LogP contribution in [0.15, 0.2) is 42.5 Å². The van der Waals surface area contributed by atoms with Crippen LogP contribution in [0.4, 0.5) is 22.7 Å². The molecule has 2 aliphatic rings. The van der Waals surface area contributed by atoms with Crippen molar-refractivity contribution in [3.8, 4) is 0 Å². The summed E-state index contributed by atoms with van der Waals surface area (Å²) in [5, 5.41) is 17.2. The highest BCUT2D eigenvalue weighted by Gasteiger charge is 2.25. The van der Waals surface area contributed by atoms with E-state index in [1.807, 2.05) is 17.0 Å². The molecule has 0 bridgehead atoms. The zero-order valence-corrected chi connectivity index (χ0v) is 21.9. The summed E-state index contributed by atoms with van der Waals surface area (Å²) >= 11 is 5.26. The second kappa shape index (κ2) is 11.4. The Morgan fingerprint density at radius 3 is 2.24 bits per heavy atom. The summed E-state index contributed by atoms with van der Waals surface area (Å²) in [6.07, 6.45) is 1.21. The first-order valence-corrected chi connectivity index (χ1v) is 13.9. The molecule has 2 fully saturated rings. The monoisotopic (exact) mass is 548 g/mol. The number of benzene rings is 2. The lowest BCUT2D eigenvalue weighted by molar-refractivity contribution is -0.384. The molecule has 0 unspecified atom stereocenters. The van der Waals surface area contributed by atoms with E-state index in [2.05, 4.69) is 15.5 Å². The predicted molar refractivity (Wildman–Crippen MR) is 145 cm³/mol. The molecule has 0 atom stereocenters. The van der Waals surface area contributed by atoms with E-state index in [-0.39, 0.29) is 16.4 Å². The second-order valence-corrected chi connectivity index (χ2v) is 11.1. The Labute approximate surface area is 220 Å². The third-order valence-electron chi connectivity index (χ3n) is 6.21. The third-order valence-corrected chi connectivity index (χ3v) is 7.72. The largest absolute Gasteiger partial charge is 0.378 e. The number of amides is 1. The van der Waals surface area contributed by atoms with E-state index in [0.29, 0.717) is 63.9 Å². The number of nitrogens with one attached hydrogen (secondary N) is 2. The molecule has 12 nitrogen and oxygen atoms in total. The highest BCUT2D eigenvalue weighted by molar-refractivity contribution is 7.88. The van der Waals surface area contributed by atoms with E-state index in [1.165, 1.54) is 22.7 Å². The number of ether oxygens (including phenoxy) is 1. The van der Waals surface area contributed by atoms with Crippen molar-refractivity contribution in [2.24, 2.45) is 0 Å². The smallest absolute Gasteiger partial charge is 0.293 e. The molecule has 0 saturated carbocycles. The van der Waals surface area contributed by atoms with Crippen molar-refractivity contribution in [2.45, 2.75) is 0 Å². The molecule has 0 spiro atoms. The van der Waals surface area contributed by atoms with E-state index in [9.17, 15) is 23.3 Å². The Kier molecular flexibility index (Phi) is 8.22. The minimum absolute atomic E-state index is 0.0550. The number of sulfonamides is 1. The Morgan fingerprint density at radius 1 is 1.00 bits per heavy atom. The lowest BCUT2D eigenvalue weighted by atomic mass is 10.1. The normalized spacial score (nSPS) is 16.8. The lowest BCUT2D eigenvalue weighted by Crippen LogP contribution is -2.48. The Hall–Kier alpha value is -3.33. The van der Waals surface area contributed by atoms with Gasteiger partial charge in [-0.25, -0.2) is 8.42 Å². The maximum atomic E-state index is 12.7. The fourth-order valence-electron chi connectivity index (χ4n) is 4.25. The van der Waals surface area contributed by atoms with Gasteiger partial charge in [0, 0.05) is 62.3 Å². The van der Waals surface area contributed by atoms with Crippen LogP contribution >= 0.6 is 12.2 Å². The number of hydrogen-bond donors (Lipinski definition) is 2. The van der Waals surface area contributed by atoms with Crippen molar-refractivity contribution < 1.29 is 22.9 Å². The summed E-state index contributed by atoms with van der Waals surface area (Å²) in [6.45, 7) is 4.09. The van der Waals surface area contributed by atoms with Crippen LogP contribution in [0.3, 0.4) is 0 Å². The molecule has 2 aromatic carbocycles. The lowest BCUT2D eigenvalue weighted by Gasteiger charge is -2.34. The second-order valence-electron chi connectivity index (χ2n) is 8.66. The predicted octanol–water partition coefficient (Wildman–Crippen LogP) is 1.64. The molecule has 2 saturated heterocycles. The summed E-state index contributed by atoms with van der Waals surface area (Å²) in [5.74, 6) is -0.561. The van der Waals surface area contributed by atoms with Gasteiger partial charge in [0.1, 0.15) is 5.69 Å². The number of anilines is 3. The molecule has 2 N–H and O–H groups in total. The van der Waals surface area contributed by atoms with Crippen LogP contribution in [0.2, 0.25) is 0 Å². The topological polar surface area (TPSA) is 137 Å². The summed E-state index contributed by atoms with van der Waals surface area (Å²) < 4.78 is 30.2. The molecule has 0 aliphatic carbocycles. The number of rotatable bonds is 6. The van der Waals surface area contributed by atoms with Crippen molar-refractivity contribution in [1.29, 1.82) is 0 Å². The van der Waals surface area contributed by atoms with Gasteiger partial charge in [-0.3, -0.25) is 20.2 Å². The van der Waals surface area contributed by atoms with E-state index < -0.39 is 20.9 Å². The van der Waals surface area contributed by atoms with E-state index in [4.69, 9.17) is 17.0 Å². The zero-order valence-electron chi connectivity index (χ0n) is 20.3. The first-order valence-electron chi connectivity index (χ1n) is 11.7. The number of carbonyl (C=O) groups is 1. The van der Waals surface area contributed by atoms with Crippen molar-refractivity contribution >= 4 is 56.0 Å². The molecule has 1 amide bonds. The van der Waals surface area contributed by atoms with Gasteiger partial charge in [0.05, 0.1) is 24.4 Å². The van der Waals surface area contributed by atoms with Gasteiger partial charge in [-0.05, 0) is 48.6 Å². The minimum Gasteiger partial charge on any atom is -0.378 e. The van der Waals surface area contributed by atoms with Crippen LogP contribution in [-0.4, -0.2) is 87.4 Å². The molecule has 198 valence electrons. The van der Waals surface area contributed by atoms with E-state index >= 15 is 0 Å². The van der Waals surface area contributed by atoms with Crippen LogP contribution in [-0.2, 0) is 14.8 Å². The van der Waals surface area contributed by atoms with Gasteiger partial charge in [-0.1, -0.05) is 0 Å². The molecule has 14 heteroatoms. The molecule has 0 radical (unpaired) electrons. The van der Waals surface area contributed by atoms with Gasteiger partial charge in [0.2, 0.25) is 10.0 Å². The fraction of sp³-hybridized carbons (Fsp3) is 0.391. The number of nitro benzene ring substituents is 1. The quantitative estimate of drug-likeness (QED) is 0.311. The zero-order chi connectivity index (χ0) is 26.6. The van der Waals surface area contributed by atoms with Crippen LogP contribution < -0.4 is 20.4 Å². The van der Waals surface area contributed by atoms with Crippen LogP contribution in [0, 0.1) is 10.1 Å². The standard InChI is InChI=1S/C23H28N6O6S2/c1-37(33,34)28-10-8-26(9-11-28)19-5-3-18(4-6-19)24-23(36)25-22(30)17-2-7-20(21(16-17)29(31)32)27-12-14-35-15-13-27/h2-7,16H,8-15H2,1H3,(H2,24,25,30,36). The average Bonchev–Trinajstić information content (AvgIpc) is 2.88. The highest BCUT2D eigenvalue weighted by atomic mass is 32.2. The summed E-state index contributed by atoms with van der Waals surface area (Å²) in [6, 6.07) is 11.7. The maximum Gasteiger partial charge on any atom is 0.293 e. The van der Waals surface area contributed by atoms with Crippen molar-refractivity contribution in [3.63, 3.8) is 0 Å². The number of thiocarbonyl (C=S) groups is 1. The van der Waals surface area contributed by atoms with Gasteiger partial charge in [-0.2, -0.15) is 4.31 Å². The fourth-order valence-corrected chi connectivity index (χ4v) is 5.29. The van der Waals surface area contributed by atoms with E-state index in [0.717, 1.165) is 5.69 Å². The van der Waals surface area contributed by atoms with E-state index in [1.54, 1.807) is 18.2 Å². The maximum absolute atomic E-state index is 12.7. The van der Waals surface area contributed by atoms with Crippen molar-refractivity contribution in [2.75, 3.05) is 73.9 Å². The molecule has 0 aromatic heterocycles. The van der Waals surface area contributed by atoms with Crippen molar-refractivity contribution in [3.05, 3.63) is 58.1 Å². The van der Waals surface area contributed by atoms with Crippen LogP contribution in [0.1, 0.15) is 10.4 Å². The van der Waals surface area contributed by atoms with Gasteiger partial charge in [0.25, 0.3) is 11.6 Å². The first-order chi connectivity index (χ1) is 17.6. The number of piperazine rings is 1. The molecular formula is C23H28N6O6S2. The summed E-state index contributed by atoms with van der Waals surface area (Å²) in [7, 11) is -3.19. The SMILES string of the molecule is CS(=O)(=O)N1CCN(c2ccc(NC(=S)NC(=O)c3ccc(N4CCOCC4)c([N+](=O)[O-])c3)cc2)CC1. The minimum atomic E-state index is -3.19. The molecule has 4 rings (SSSR count). The number of nitrogens with zero attached hydrogens (tertiary/aromatic N) is 4. The Balaban J connectivity index is 1.34. The Morgan fingerprint density at radius 2 is 1.65 bits per heavy atom. The first kappa shape index (κ1) is 26.7. The molecule has 2 heterocycles. The number of morpholine rings is 1. The molecule has 37 heavy (non-hydrogen) atoms. The van der Waals surface area contributed by atoms with Gasteiger partial charge in [-0.15, -0.1) is 0 Å². The third kappa shape index (κ3) is 6.71. The van der Waals surface area contributed by atoms with Crippen LogP contribution in [0.5, 0.6) is 0 Å². The van der Waals surface area contributed by atoms with Gasteiger partial charge >= 0.3 is 0 Å². The average molecular weight is 549 g/mol. The molecular weight excluding hydrogens is 520 g/mol. The van der Waals surface area contributed by atoms with Gasteiger partial charge in [0.15, 0.2) is 5.11 Å². The van der Waals surface area contributed by atoms with Crippen LogP contribution in [0.25, 0.3) is 0 Å². The molecule has 2 aromatic rings. The highest BCUT2D eigenvalue weighted by Crippen LogP contribution is 2.30. The molecule has 2 aliphatic heterocycles. The number of hydrogen-bond acceptors (Lipinski definition) is 9. The van der Waals surface area contributed by atoms with Gasteiger partial charge < -0.3 is 19.9 Å². The summed E-state index contributed by atoms with van der Waals surface area (Å²) in [5.41, 5.74) is 2.01. The number of carbonyl (C=O) groups excluding carboxylic acids is 1. The number of nitro groups is 1. The van der Waals surface area contributed by atoms with Crippen molar-refractivity contribution in [1.82, 2.24) is 9.62 Å².